The van der Waals surface area contributed by atoms with E-state index >= 15 is 0 Å². The van der Waals surface area contributed by atoms with Gasteiger partial charge in [0, 0.05) is 13.1 Å². The predicted molar refractivity (Wildman–Crippen MR) is 73.2 cm³/mol. The molecule has 0 aliphatic carbocycles. The molecule has 1 fully saturated rings. The Kier molecular flexibility index (Phi) is 4.71. The molecule has 19 heavy (non-hydrogen) atoms. The van der Waals surface area contributed by atoms with Crippen LogP contribution in [0.15, 0.2) is 12.4 Å². The molecule has 0 bridgehead atoms. The Morgan fingerprint density at radius 3 is 2.79 bits per heavy atom. The van der Waals surface area contributed by atoms with Gasteiger partial charge in [-0.15, -0.1) is 0 Å². The van der Waals surface area contributed by atoms with Crippen molar-refractivity contribution in [3.63, 3.8) is 0 Å². The van der Waals surface area contributed by atoms with Crippen LogP contribution in [0, 0.1) is 5.92 Å². The lowest BCUT2D eigenvalue weighted by atomic mass is 9.92. The number of piperidine rings is 1. The topological polar surface area (TPSA) is 55.3 Å². The number of nitrogens with zero attached hydrogens (tertiary/aromatic N) is 3. The highest BCUT2D eigenvalue weighted by Crippen LogP contribution is 2.24. The maximum absolute atomic E-state index is 11.4. The molecule has 0 N–H and O–H groups in total. The Morgan fingerprint density at radius 2 is 2.16 bits per heavy atom. The standard InChI is InChI=1S/C14H21N3O2/c1-3-4-11-5-7-17(8-6-11)13-10-15-9-12(16-13)14(18)19-2/h9-11H,3-8H2,1-2H3. The molecule has 1 aliphatic heterocycles. The number of rotatable bonds is 4. The van der Waals surface area contributed by atoms with Crippen LogP contribution in [0.5, 0.6) is 0 Å². The molecule has 0 atom stereocenters. The van der Waals surface area contributed by atoms with Crippen molar-refractivity contribution in [1.29, 1.82) is 0 Å². The molecule has 1 saturated heterocycles. The minimum atomic E-state index is -0.435. The van der Waals surface area contributed by atoms with Crippen LogP contribution in [0.2, 0.25) is 0 Å². The van der Waals surface area contributed by atoms with Gasteiger partial charge in [-0.3, -0.25) is 4.98 Å². The van der Waals surface area contributed by atoms with E-state index < -0.39 is 5.97 Å². The van der Waals surface area contributed by atoms with Gasteiger partial charge in [-0.05, 0) is 18.8 Å². The third kappa shape index (κ3) is 3.43. The van der Waals surface area contributed by atoms with Crippen molar-refractivity contribution in [1.82, 2.24) is 9.97 Å². The second-order valence-electron chi connectivity index (χ2n) is 4.97. The molecule has 5 nitrogen and oxygen atoms in total. The van der Waals surface area contributed by atoms with Gasteiger partial charge in [0.15, 0.2) is 5.69 Å². The third-order valence-electron chi connectivity index (χ3n) is 3.65. The fraction of sp³-hybridized carbons (Fsp3) is 0.643. The van der Waals surface area contributed by atoms with Gasteiger partial charge < -0.3 is 9.64 Å². The maximum Gasteiger partial charge on any atom is 0.358 e. The van der Waals surface area contributed by atoms with Crippen LogP contribution in [-0.2, 0) is 4.74 Å². The first-order valence-corrected chi connectivity index (χ1v) is 6.90. The first kappa shape index (κ1) is 13.8. The molecule has 1 aromatic rings. The second kappa shape index (κ2) is 6.50. The lowest BCUT2D eigenvalue weighted by Gasteiger charge is -2.32. The van der Waals surface area contributed by atoms with Crippen molar-refractivity contribution >= 4 is 11.8 Å². The van der Waals surface area contributed by atoms with Gasteiger partial charge in [0.2, 0.25) is 0 Å². The molecule has 104 valence electrons. The molecular formula is C14H21N3O2. The molecule has 1 aliphatic rings. The lowest BCUT2D eigenvalue weighted by molar-refractivity contribution is 0.0593. The number of hydrogen-bond acceptors (Lipinski definition) is 5. The van der Waals surface area contributed by atoms with E-state index in [1.165, 1.54) is 39.0 Å². The van der Waals surface area contributed by atoms with E-state index in [4.69, 9.17) is 0 Å². The Balaban J connectivity index is 2.01. The van der Waals surface area contributed by atoms with Crippen LogP contribution in [0.4, 0.5) is 5.82 Å². The minimum Gasteiger partial charge on any atom is -0.464 e. The van der Waals surface area contributed by atoms with Gasteiger partial charge >= 0.3 is 5.97 Å². The first-order chi connectivity index (χ1) is 9.24. The summed E-state index contributed by atoms with van der Waals surface area (Å²) in [5.41, 5.74) is 0.274. The number of anilines is 1. The van der Waals surface area contributed by atoms with Crippen LogP contribution in [0.1, 0.15) is 43.1 Å². The number of carbonyl (C=O) groups excluding carboxylic acids is 1. The summed E-state index contributed by atoms with van der Waals surface area (Å²) >= 11 is 0. The summed E-state index contributed by atoms with van der Waals surface area (Å²) in [7, 11) is 1.35. The van der Waals surface area contributed by atoms with Crippen molar-refractivity contribution in [3.05, 3.63) is 18.1 Å². The van der Waals surface area contributed by atoms with Gasteiger partial charge in [-0.25, -0.2) is 9.78 Å². The molecular weight excluding hydrogens is 242 g/mol. The molecule has 0 aromatic carbocycles. The van der Waals surface area contributed by atoms with Gasteiger partial charge in [0.05, 0.1) is 19.5 Å². The quantitative estimate of drug-likeness (QED) is 0.780. The van der Waals surface area contributed by atoms with Gasteiger partial charge in [-0.2, -0.15) is 0 Å². The monoisotopic (exact) mass is 263 g/mol. The first-order valence-electron chi connectivity index (χ1n) is 6.90. The summed E-state index contributed by atoms with van der Waals surface area (Å²) in [4.78, 5) is 22.0. The van der Waals surface area contributed by atoms with Crippen LogP contribution < -0.4 is 4.90 Å². The molecule has 0 radical (unpaired) electrons. The van der Waals surface area contributed by atoms with Crippen molar-refractivity contribution in [2.75, 3.05) is 25.1 Å². The molecule has 0 saturated carbocycles. The lowest BCUT2D eigenvalue weighted by Crippen LogP contribution is -2.34. The minimum absolute atomic E-state index is 0.274. The third-order valence-corrected chi connectivity index (χ3v) is 3.65. The zero-order valence-electron chi connectivity index (χ0n) is 11.6. The summed E-state index contributed by atoms with van der Waals surface area (Å²) in [6.07, 6.45) is 8.10. The summed E-state index contributed by atoms with van der Waals surface area (Å²) in [6.45, 7) is 4.21. The summed E-state index contributed by atoms with van der Waals surface area (Å²) in [5.74, 6) is 1.17. The highest BCUT2D eigenvalue weighted by atomic mass is 16.5. The average Bonchev–Trinajstić information content (AvgIpc) is 2.48. The average molecular weight is 263 g/mol. The predicted octanol–water partition coefficient (Wildman–Crippen LogP) is 2.28. The molecule has 5 heteroatoms. The van der Waals surface area contributed by atoms with Crippen LogP contribution in [-0.4, -0.2) is 36.1 Å². The van der Waals surface area contributed by atoms with Crippen molar-refractivity contribution in [2.45, 2.75) is 32.6 Å². The van der Waals surface area contributed by atoms with E-state index in [0.29, 0.717) is 0 Å². The van der Waals surface area contributed by atoms with Gasteiger partial charge in [0.25, 0.3) is 0 Å². The summed E-state index contributed by atoms with van der Waals surface area (Å²) < 4.78 is 4.67. The van der Waals surface area contributed by atoms with E-state index in [9.17, 15) is 4.79 Å². The smallest absolute Gasteiger partial charge is 0.358 e. The Labute approximate surface area is 114 Å². The zero-order chi connectivity index (χ0) is 13.7. The number of hydrogen-bond donors (Lipinski definition) is 0. The van der Waals surface area contributed by atoms with Gasteiger partial charge in [0.1, 0.15) is 5.82 Å². The molecule has 0 spiro atoms. The molecule has 0 unspecified atom stereocenters. The number of ether oxygens (including phenoxy) is 1. The zero-order valence-corrected chi connectivity index (χ0v) is 11.6. The Bertz CT molecular complexity index is 428. The molecule has 1 aromatic heterocycles. The van der Waals surface area contributed by atoms with Crippen molar-refractivity contribution in [2.24, 2.45) is 5.92 Å². The highest BCUT2D eigenvalue weighted by Gasteiger charge is 2.20. The fourth-order valence-electron chi connectivity index (χ4n) is 2.57. The van der Waals surface area contributed by atoms with Gasteiger partial charge in [-0.1, -0.05) is 19.8 Å². The van der Waals surface area contributed by atoms with Crippen LogP contribution >= 0.6 is 0 Å². The highest BCUT2D eigenvalue weighted by molar-refractivity contribution is 5.87. The van der Waals surface area contributed by atoms with E-state index in [0.717, 1.165) is 24.8 Å². The molecule has 0 amide bonds. The second-order valence-corrected chi connectivity index (χ2v) is 4.97. The van der Waals surface area contributed by atoms with Crippen LogP contribution in [0.3, 0.4) is 0 Å². The summed E-state index contributed by atoms with van der Waals surface area (Å²) in [6, 6.07) is 0. The number of esters is 1. The van der Waals surface area contributed by atoms with Crippen molar-refractivity contribution < 1.29 is 9.53 Å². The van der Waals surface area contributed by atoms with Crippen LogP contribution in [0.25, 0.3) is 0 Å². The number of methoxy groups -OCH3 is 1. The Morgan fingerprint density at radius 1 is 1.42 bits per heavy atom. The van der Waals surface area contributed by atoms with E-state index in [2.05, 4.69) is 26.5 Å². The number of aromatic nitrogens is 2. The SMILES string of the molecule is CCCC1CCN(c2cncc(C(=O)OC)n2)CC1. The summed E-state index contributed by atoms with van der Waals surface area (Å²) in [5, 5.41) is 0. The van der Waals surface area contributed by atoms with E-state index in [1.807, 2.05) is 0 Å². The fourth-order valence-corrected chi connectivity index (χ4v) is 2.57. The van der Waals surface area contributed by atoms with E-state index in [-0.39, 0.29) is 5.69 Å². The largest absolute Gasteiger partial charge is 0.464 e. The maximum atomic E-state index is 11.4. The van der Waals surface area contributed by atoms with E-state index in [1.54, 1.807) is 6.20 Å². The molecule has 2 rings (SSSR count). The van der Waals surface area contributed by atoms with Crippen molar-refractivity contribution in [3.8, 4) is 0 Å². The number of carbonyl (C=O) groups is 1. The Hall–Kier alpha value is -1.65. The molecule has 2 heterocycles. The normalized spacial score (nSPS) is 16.4.